The summed E-state index contributed by atoms with van der Waals surface area (Å²) in [7, 11) is 1.64. The van der Waals surface area contributed by atoms with Gasteiger partial charge in [0, 0.05) is 29.7 Å². The highest BCUT2D eigenvalue weighted by molar-refractivity contribution is 5.94. The smallest absolute Gasteiger partial charge is 0.251 e. The van der Waals surface area contributed by atoms with Crippen LogP contribution in [0.2, 0.25) is 0 Å². The Hall–Kier alpha value is -3.61. The number of anilines is 1. The zero-order valence-electron chi connectivity index (χ0n) is 16.1. The summed E-state index contributed by atoms with van der Waals surface area (Å²) >= 11 is 0. The number of ether oxygens (including phenoxy) is 2. The third-order valence-corrected chi connectivity index (χ3v) is 4.90. The van der Waals surface area contributed by atoms with E-state index in [2.05, 4.69) is 15.3 Å². The van der Waals surface area contributed by atoms with Crippen LogP contribution in [0.3, 0.4) is 0 Å². The Bertz CT molecular complexity index is 1020. The van der Waals surface area contributed by atoms with Gasteiger partial charge in [0.1, 0.15) is 17.3 Å². The summed E-state index contributed by atoms with van der Waals surface area (Å²) in [6.07, 6.45) is 3.99. The number of aromatic nitrogens is 2. The Labute approximate surface area is 168 Å². The Kier molecular flexibility index (Phi) is 5.29. The van der Waals surface area contributed by atoms with Gasteiger partial charge in [-0.15, -0.1) is 0 Å². The Morgan fingerprint density at radius 3 is 2.83 bits per heavy atom. The highest BCUT2D eigenvalue weighted by atomic mass is 16.5. The van der Waals surface area contributed by atoms with Crippen molar-refractivity contribution in [2.45, 2.75) is 6.42 Å². The molecule has 29 heavy (non-hydrogen) atoms. The molecule has 0 fully saturated rings. The van der Waals surface area contributed by atoms with E-state index in [0.29, 0.717) is 30.2 Å². The number of benzene rings is 2. The minimum Gasteiger partial charge on any atom is -0.497 e. The number of nitrogens with zero attached hydrogens (tertiary/aromatic N) is 2. The molecule has 1 aliphatic rings. The molecule has 0 bridgehead atoms. The van der Waals surface area contributed by atoms with Gasteiger partial charge in [-0.3, -0.25) is 9.78 Å². The second-order valence-electron chi connectivity index (χ2n) is 6.97. The summed E-state index contributed by atoms with van der Waals surface area (Å²) in [4.78, 5) is 20.8. The molecule has 1 aromatic heterocycles. The Morgan fingerprint density at radius 1 is 1.24 bits per heavy atom. The van der Waals surface area contributed by atoms with Crippen molar-refractivity contribution in [2.24, 2.45) is 5.92 Å². The number of hydrogen-bond acceptors (Lipinski definition) is 6. The maximum atomic E-state index is 12.5. The van der Waals surface area contributed by atoms with Crippen LogP contribution < -0.4 is 20.5 Å². The number of hydrogen-bond donors (Lipinski definition) is 2. The van der Waals surface area contributed by atoms with Crippen molar-refractivity contribution >= 4 is 11.7 Å². The lowest BCUT2D eigenvalue weighted by Crippen LogP contribution is -2.34. The highest BCUT2D eigenvalue weighted by Crippen LogP contribution is 2.30. The van der Waals surface area contributed by atoms with Gasteiger partial charge >= 0.3 is 0 Å². The molecule has 3 N–H and O–H groups in total. The van der Waals surface area contributed by atoms with E-state index in [4.69, 9.17) is 15.2 Å². The first-order valence-electron chi connectivity index (χ1n) is 9.38. The molecule has 0 spiro atoms. The lowest BCUT2D eigenvalue weighted by molar-refractivity contribution is 0.0939. The van der Waals surface area contributed by atoms with Crippen molar-refractivity contribution < 1.29 is 14.3 Å². The average molecular weight is 390 g/mol. The third-order valence-electron chi connectivity index (χ3n) is 4.90. The molecule has 2 aromatic carbocycles. The predicted molar refractivity (Wildman–Crippen MR) is 110 cm³/mol. The van der Waals surface area contributed by atoms with E-state index in [1.807, 2.05) is 30.3 Å². The number of methoxy groups -OCH3 is 1. The van der Waals surface area contributed by atoms with E-state index in [0.717, 1.165) is 29.0 Å². The number of carbonyl (C=O) groups excluding carboxylic acids is 1. The number of carbonyl (C=O) groups is 1. The van der Waals surface area contributed by atoms with E-state index < -0.39 is 0 Å². The van der Waals surface area contributed by atoms with Crippen LogP contribution in [0.5, 0.6) is 11.5 Å². The second kappa shape index (κ2) is 8.18. The molecule has 1 unspecified atom stereocenters. The highest BCUT2D eigenvalue weighted by Gasteiger charge is 2.21. The van der Waals surface area contributed by atoms with Gasteiger partial charge in [0.15, 0.2) is 0 Å². The van der Waals surface area contributed by atoms with Crippen LogP contribution in [0.25, 0.3) is 11.3 Å². The van der Waals surface area contributed by atoms with Crippen molar-refractivity contribution in [3.8, 4) is 22.8 Å². The topological polar surface area (TPSA) is 99.4 Å². The van der Waals surface area contributed by atoms with Gasteiger partial charge in [0.2, 0.25) is 0 Å². The van der Waals surface area contributed by atoms with Crippen LogP contribution in [0.15, 0.2) is 54.9 Å². The molecule has 0 aliphatic carbocycles. The summed E-state index contributed by atoms with van der Waals surface area (Å²) in [6, 6.07) is 13.1. The standard InChI is InChI=1S/C22H22N4O3/c1-28-18-7-6-17-8-14(13-29-20(17)9-18)10-25-22(27)16-4-2-15(3-5-16)19-11-24-12-21(23)26-19/h2-7,9,11-12,14H,8,10,13H2,1H3,(H2,23,26)(H,25,27). The lowest BCUT2D eigenvalue weighted by Gasteiger charge is -2.25. The largest absolute Gasteiger partial charge is 0.497 e. The quantitative estimate of drug-likeness (QED) is 0.695. The molecule has 0 saturated carbocycles. The molecule has 4 rings (SSSR count). The van der Waals surface area contributed by atoms with Gasteiger partial charge in [-0.2, -0.15) is 0 Å². The number of nitrogens with two attached hydrogens (primary N) is 1. The number of rotatable bonds is 5. The molecule has 0 saturated heterocycles. The van der Waals surface area contributed by atoms with Crippen LogP contribution in [0.4, 0.5) is 5.82 Å². The van der Waals surface area contributed by atoms with Gasteiger partial charge in [-0.05, 0) is 30.2 Å². The summed E-state index contributed by atoms with van der Waals surface area (Å²) in [5.74, 6) is 2.10. The first-order valence-corrected chi connectivity index (χ1v) is 9.38. The van der Waals surface area contributed by atoms with Crippen LogP contribution in [0, 0.1) is 5.92 Å². The second-order valence-corrected chi connectivity index (χ2v) is 6.97. The fraction of sp³-hybridized carbons (Fsp3) is 0.227. The van der Waals surface area contributed by atoms with Crippen molar-refractivity contribution in [3.63, 3.8) is 0 Å². The van der Waals surface area contributed by atoms with Crippen LogP contribution in [0.1, 0.15) is 15.9 Å². The van der Waals surface area contributed by atoms with Gasteiger partial charge in [-0.25, -0.2) is 4.98 Å². The number of amides is 1. The summed E-state index contributed by atoms with van der Waals surface area (Å²) in [5.41, 5.74) is 8.92. The Balaban J connectivity index is 1.35. The molecule has 2 heterocycles. The Morgan fingerprint density at radius 2 is 2.07 bits per heavy atom. The van der Waals surface area contributed by atoms with Crippen molar-refractivity contribution in [2.75, 3.05) is 26.0 Å². The predicted octanol–water partition coefficient (Wildman–Crippen LogP) is 2.72. The first-order chi connectivity index (χ1) is 14.1. The van der Waals surface area contributed by atoms with E-state index in [9.17, 15) is 4.79 Å². The average Bonchev–Trinajstić information content (AvgIpc) is 2.77. The molecule has 3 aromatic rings. The van der Waals surface area contributed by atoms with Crippen LogP contribution >= 0.6 is 0 Å². The number of fused-ring (bicyclic) bond motifs is 1. The van der Waals surface area contributed by atoms with E-state index >= 15 is 0 Å². The van der Waals surface area contributed by atoms with Crippen molar-refractivity contribution in [1.82, 2.24) is 15.3 Å². The SMILES string of the molecule is COc1ccc2c(c1)OCC(CNC(=O)c1ccc(-c3cncc(N)n3)cc1)C2. The van der Waals surface area contributed by atoms with E-state index in [1.165, 1.54) is 6.20 Å². The fourth-order valence-electron chi connectivity index (χ4n) is 3.33. The molecule has 1 atom stereocenters. The zero-order valence-corrected chi connectivity index (χ0v) is 16.1. The number of nitrogen functional groups attached to an aromatic ring is 1. The van der Waals surface area contributed by atoms with Gasteiger partial charge < -0.3 is 20.5 Å². The van der Waals surface area contributed by atoms with Crippen molar-refractivity contribution in [1.29, 1.82) is 0 Å². The molecule has 1 aliphatic heterocycles. The minimum absolute atomic E-state index is 0.115. The maximum absolute atomic E-state index is 12.5. The fourth-order valence-corrected chi connectivity index (χ4v) is 3.33. The van der Waals surface area contributed by atoms with Crippen molar-refractivity contribution in [3.05, 3.63) is 66.0 Å². The van der Waals surface area contributed by atoms with Crippen LogP contribution in [-0.4, -0.2) is 36.1 Å². The van der Waals surface area contributed by atoms with E-state index in [1.54, 1.807) is 25.4 Å². The molecule has 1 amide bonds. The minimum atomic E-state index is -0.115. The van der Waals surface area contributed by atoms with Gasteiger partial charge in [0.05, 0.1) is 31.8 Å². The van der Waals surface area contributed by atoms with E-state index in [-0.39, 0.29) is 11.8 Å². The third kappa shape index (κ3) is 4.29. The first kappa shape index (κ1) is 18.7. The lowest BCUT2D eigenvalue weighted by atomic mass is 9.96. The molecule has 7 nitrogen and oxygen atoms in total. The molecular formula is C22H22N4O3. The normalized spacial score (nSPS) is 15.1. The summed E-state index contributed by atoms with van der Waals surface area (Å²) < 4.78 is 11.1. The van der Waals surface area contributed by atoms with Gasteiger partial charge in [0.25, 0.3) is 5.91 Å². The molecule has 0 radical (unpaired) electrons. The monoisotopic (exact) mass is 390 g/mol. The summed E-state index contributed by atoms with van der Waals surface area (Å²) in [6.45, 7) is 1.11. The van der Waals surface area contributed by atoms with Gasteiger partial charge in [-0.1, -0.05) is 18.2 Å². The summed E-state index contributed by atoms with van der Waals surface area (Å²) in [5, 5.41) is 3.00. The maximum Gasteiger partial charge on any atom is 0.251 e. The zero-order chi connectivity index (χ0) is 20.2. The molecular weight excluding hydrogens is 368 g/mol. The number of nitrogens with one attached hydrogen (secondary N) is 1. The molecule has 7 heteroatoms. The molecule has 148 valence electrons. The van der Waals surface area contributed by atoms with Crippen LogP contribution in [-0.2, 0) is 6.42 Å².